The molecule has 146 valence electrons. The van der Waals surface area contributed by atoms with Gasteiger partial charge in [0.05, 0.1) is 4.90 Å². The number of sulfonamides is 1. The Morgan fingerprint density at radius 2 is 2.15 bits per heavy atom. The summed E-state index contributed by atoms with van der Waals surface area (Å²) in [6.07, 6.45) is 4.86. The van der Waals surface area contributed by atoms with Crippen LogP contribution in [-0.4, -0.2) is 46.5 Å². The normalized spacial score (nSPS) is 21.7. The quantitative estimate of drug-likeness (QED) is 0.588. The molecule has 2 N–H and O–H groups in total. The Hall–Kier alpha value is -1.60. The second kappa shape index (κ2) is 8.86. The molecule has 0 amide bonds. The summed E-state index contributed by atoms with van der Waals surface area (Å²) in [6, 6.07) is 6.99. The summed E-state index contributed by atoms with van der Waals surface area (Å²) in [5, 5.41) is 3.39. The van der Waals surface area contributed by atoms with E-state index in [0.29, 0.717) is 12.0 Å². The summed E-state index contributed by atoms with van der Waals surface area (Å²) < 4.78 is 26.3. The largest absolute Gasteiger partial charge is 0.352 e. The van der Waals surface area contributed by atoms with E-state index in [9.17, 15) is 8.42 Å². The number of hydrogen-bond acceptors (Lipinski definition) is 3. The van der Waals surface area contributed by atoms with E-state index in [2.05, 4.69) is 33.8 Å². The average molecular weight is 381 g/mol. The van der Waals surface area contributed by atoms with Crippen molar-refractivity contribution in [2.75, 3.05) is 27.2 Å². The smallest absolute Gasteiger partial charge is 0.240 e. The third kappa shape index (κ3) is 5.20. The minimum absolute atomic E-state index is 0.280. The monoisotopic (exact) mass is 380 g/mol. The maximum Gasteiger partial charge on any atom is 0.240 e. The number of likely N-dealkylation sites (tertiary alicyclic amines) is 1. The molecule has 0 saturated carbocycles. The standard InChI is InChI=1S/C19H32N4O2S/c1-5-10-19(2)11-7-12-23(15-19)18(20-3)22-14-16-8-6-9-17(13-16)26(24,25)21-4/h6,8-9,13,21H,5,7,10-12,14-15H2,1-4H3,(H,20,22). The number of guanidine groups is 1. The van der Waals surface area contributed by atoms with Gasteiger partial charge in [-0.15, -0.1) is 0 Å². The van der Waals surface area contributed by atoms with Gasteiger partial charge in [-0.25, -0.2) is 13.1 Å². The first-order valence-corrected chi connectivity index (χ1v) is 10.8. The van der Waals surface area contributed by atoms with Crippen LogP contribution in [0.5, 0.6) is 0 Å². The summed E-state index contributed by atoms with van der Waals surface area (Å²) in [4.78, 5) is 7.05. The molecular formula is C19H32N4O2S. The van der Waals surface area contributed by atoms with Crippen LogP contribution < -0.4 is 10.0 Å². The summed E-state index contributed by atoms with van der Waals surface area (Å²) in [7, 11) is -0.202. The van der Waals surface area contributed by atoms with E-state index in [0.717, 1.165) is 24.6 Å². The van der Waals surface area contributed by atoms with Crippen LogP contribution >= 0.6 is 0 Å². The highest BCUT2D eigenvalue weighted by Gasteiger charge is 2.31. The summed E-state index contributed by atoms with van der Waals surface area (Å²) in [5.41, 5.74) is 1.25. The fourth-order valence-corrected chi connectivity index (χ4v) is 4.56. The van der Waals surface area contributed by atoms with Crippen molar-refractivity contribution in [3.63, 3.8) is 0 Å². The molecule has 1 heterocycles. The SMILES string of the molecule is CCCC1(C)CCCN(C(=NC)NCc2cccc(S(=O)(=O)NC)c2)C1. The van der Waals surface area contributed by atoms with Crippen molar-refractivity contribution in [2.24, 2.45) is 10.4 Å². The topological polar surface area (TPSA) is 73.8 Å². The zero-order valence-corrected chi connectivity index (χ0v) is 17.2. The van der Waals surface area contributed by atoms with Gasteiger partial charge in [-0.2, -0.15) is 0 Å². The highest BCUT2D eigenvalue weighted by molar-refractivity contribution is 7.89. The molecule has 2 rings (SSSR count). The van der Waals surface area contributed by atoms with Crippen molar-refractivity contribution in [1.82, 2.24) is 14.9 Å². The Bertz CT molecular complexity index is 729. The van der Waals surface area contributed by atoms with E-state index >= 15 is 0 Å². The second-order valence-corrected chi connectivity index (χ2v) is 9.23. The van der Waals surface area contributed by atoms with Crippen molar-refractivity contribution >= 4 is 16.0 Å². The van der Waals surface area contributed by atoms with Gasteiger partial charge >= 0.3 is 0 Å². The Labute approximate surface area is 158 Å². The number of nitrogens with one attached hydrogen (secondary N) is 2. The number of nitrogens with zero attached hydrogens (tertiary/aromatic N) is 2. The van der Waals surface area contributed by atoms with E-state index in [1.165, 1.54) is 32.7 Å². The van der Waals surface area contributed by atoms with Crippen LogP contribution in [0.3, 0.4) is 0 Å². The molecule has 1 aromatic carbocycles. The molecule has 1 aliphatic rings. The zero-order chi connectivity index (χ0) is 19.2. The fourth-order valence-electron chi connectivity index (χ4n) is 3.76. The predicted molar refractivity (Wildman–Crippen MR) is 107 cm³/mol. The zero-order valence-electron chi connectivity index (χ0n) is 16.4. The Kier molecular flexibility index (Phi) is 7.06. The Morgan fingerprint density at radius 3 is 2.81 bits per heavy atom. The van der Waals surface area contributed by atoms with E-state index < -0.39 is 10.0 Å². The van der Waals surface area contributed by atoms with Crippen LogP contribution in [-0.2, 0) is 16.6 Å². The van der Waals surface area contributed by atoms with Gasteiger partial charge in [-0.1, -0.05) is 32.4 Å². The highest BCUT2D eigenvalue weighted by Crippen LogP contribution is 2.33. The number of aliphatic imine (C=N–C) groups is 1. The van der Waals surface area contributed by atoms with Gasteiger partial charge in [0, 0.05) is 26.7 Å². The van der Waals surface area contributed by atoms with Crippen LogP contribution in [0.1, 0.15) is 45.1 Å². The van der Waals surface area contributed by atoms with E-state index in [4.69, 9.17) is 0 Å². The first-order valence-electron chi connectivity index (χ1n) is 9.31. The van der Waals surface area contributed by atoms with Gasteiger partial charge in [0.15, 0.2) is 5.96 Å². The molecule has 0 aromatic heterocycles. The summed E-state index contributed by atoms with van der Waals surface area (Å²) in [6.45, 7) is 7.16. The molecule has 0 radical (unpaired) electrons. The molecular weight excluding hydrogens is 348 g/mol. The van der Waals surface area contributed by atoms with E-state index in [1.807, 2.05) is 6.07 Å². The molecule has 1 unspecified atom stereocenters. The van der Waals surface area contributed by atoms with Gasteiger partial charge in [0.1, 0.15) is 0 Å². The molecule has 1 saturated heterocycles. The van der Waals surface area contributed by atoms with Crippen molar-refractivity contribution in [1.29, 1.82) is 0 Å². The van der Waals surface area contributed by atoms with Gasteiger partial charge < -0.3 is 10.2 Å². The van der Waals surface area contributed by atoms with Crippen molar-refractivity contribution in [3.8, 4) is 0 Å². The molecule has 1 atom stereocenters. The van der Waals surface area contributed by atoms with Crippen LogP contribution in [0.25, 0.3) is 0 Å². The molecule has 0 spiro atoms. The summed E-state index contributed by atoms with van der Waals surface area (Å²) >= 11 is 0. The third-order valence-electron chi connectivity index (χ3n) is 5.07. The molecule has 1 aliphatic heterocycles. The molecule has 0 aliphatic carbocycles. The fraction of sp³-hybridized carbons (Fsp3) is 0.632. The first-order chi connectivity index (χ1) is 12.3. The number of benzene rings is 1. The van der Waals surface area contributed by atoms with Crippen molar-refractivity contribution < 1.29 is 8.42 Å². The van der Waals surface area contributed by atoms with Crippen LogP contribution in [0.2, 0.25) is 0 Å². The van der Waals surface area contributed by atoms with Crippen molar-refractivity contribution in [2.45, 2.75) is 51.0 Å². The molecule has 1 aromatic rings. The van der Waals surface area contributed by atoms with Crippen molar-refractivity contribution in [3.05, 3.63) is 29.8 Å². The molecule has 1 fully saturated rings. The molecule has 0 bridgehead atoms. The van der Waals surface area contributed by atoms with Gasteiger partial charge in [0.25, 0.3) is 0 Å². The Morgan fingerprint density at radius 1 is 1.38 bits per heavy atom. The van der Waals surface area contributed by atoms with Crippen LogP contribution in [0.4, 0.5) is 0 Å². The maximum atomic E-state index is 12.0. The lowest BCUT2D eigenvalue weighted by Crippen LogP contribution is -2.49. The molecule has 26 heavy (non-hydrogen) atoms. The minimum Gasteiger partial charge on any atom is -0.352 e. The summed E-state index contributed by atoms with van der Waals surface area (Å²) in [5.74, 6) is 0.883. The maximum absolute atomic E-state index is 12.0. The highest BCUT2D eigenvalue weighted by atomic mass is 32.2. The molecule has 7 heteroatoms. The lowest BCUT2D eigenvalue weighted by atomic mass is 9.78. The molecule has 6 nitrogen and oxygen atoms in total. The third-order valence-corrected chi connectivity index (χ3v) is 6.49. The average Bonchev–Trinajstić information content (AvgIpc) is 2.62. The van der Waals surface area contributed by atoms with Gasteiger partial charge in [-0.3, -0.25) is 4.99 Å². The van der Waals surface area contributed by atoms with Gasteiger partial charge in [0.2, 0.25) is 10.0 Å². The minimum atomic E-state index is -3.43. The number of hydrogen-bond donors (Lipinski definition) is 2. The Balaban J connectivity index is 2.05. The first kappa shape index (κ1) is 20.7. The van der Waals surface area contributed by atoms with Crippen LogP contribution in [0, 0.1) is 5.41 Å². The van der Waals surface area contributed by atoms with Gasteiger partial charge in [-0.05, 0) is 49.4 Å². The lowest BCUT2D eigenvalue weighted by molar-refractivity contribution is 0.142. The lowest BCUT2D eigenvalue weighted by Gasteiger charge is -2.42. The number of rotatable bonds is 6. The van der Waals surface area contributed by atoms with Crippen LogP contribution in [0.15, 0.2) is 34.2 Å². The predicted octanol–water partition coefficient (Wildman–Crippen LogP) is 2.57. The second-order valence-electron chi connectivity index (χ2n) is 7.34. The number of piperidine rings is 1. The van der Waals surface area contributed by atoms with E-state index in [-0.39, 0.29) is 4.90 Å². The van der Waals surface area contributed by atoms with E-state index in [1.54, 1.807) is 25.2 Å².